The fourth-order valence-electron chi connectivity index (χ4n) is 4.55. The molecule has 0 spiro atoms. The summed E-state index contributed by atoms with van der Waals surface area (Å²) in [6.45, 7) is 11.0. The van der Waals surface area contributed by atoms with Gasteiger partial charge in [-0.3, -0.25) is 4.68 Å². The molecule has 5 nitrogen and oxygen atoms in total. The minimum atomic E-state index is 0.748. The van der Waals surface area contributed by atoms with Crippen molar-refractivity contribution in [2.24, 2.45) is 5.92 Å². The van der Waals surface area contributed by atoms with E-state index >= 15 is 0 Å². The minimum Gasteiger partial charge on any atom is -0.496 e. The van der Waals surface area contributed by atoms with Crippen LogP contribution < -0.4 is 4.74 Å². The highest BCUT2D eigenvalue weighted by Crippen LogP contribution is 2.21. The lowest BCUT2D eigenvalue weighted by molar-refractivity contribution is 0.142. The molecule has 1 aliphatic heterocycles. The summed E-state index contributed by atoms with van der Waals surface area (Å²) in [6.07, 6.45) is 7.06. The highest BCUT2D eigenvalue weighted by Gasteiger charge is 2.21. The van der Waals surface area contributed by atoms with Gasteiger partial charge in [-0.1, -0.05) is 25.1 Å². The van der Waals surface area contributed by atoms with Crippen molar-refractivity contribution in [1.29, 1.82) is 0 Å². The first-order chi connectivity index (χ1) is 14.1. The molecule has 1 atom stereocenters. The van der Waals surface area contributed by atoms with Crippen LogP contribution in [0.5, 0.6) is 5.75 Å². The summed E-state index contributed by atoms with van der Waals surface area (Å²) >= 11 is 0. The summed E-state index contributed by atoms with van der Waals surface area (Å²) in [5, 5.41) is 4.65. The monoisotopic (exact) mass is 398 g/mol. The molecule has 1 saturated heterocycles. The number of aryl methyl sites for hydroxylation is 2. The van der Waals surface area contributed by atoms with E-state index in [9.17, 15) is 0 Å². The Balaban J connectivity index is 1.47. The van der Waals surface area contributed by atoms with Crippen LogP contribution in [-0.2, 0) is 19.5 Å². The molecule has 0 radical (unpaired) electrons. The maximum atomic E-state index is 5.51. The van der Waals surface area contributed by atoms with E-state index in [1.165, 1.54) is 42.8 Å². The standard InChI is InChI=1S/C24H38N4O/c1-5-13-28-19-23(20(2)25-28)18-26(3)16-21-9-8-14-27(17-21)15-12-22-10-6-7-11-24(22)29-4/h6-7,10-11,19,21H,5,8-9,12-18H2,1-4H3. The molecule has 1 fully saturated rings. The number of ether oxygens (including phenoxy) is 1. The number of likely N-dealkylation sites (tertiary alicyclic amines) is 1. The number of methoxy groups -OCH3 is 1. The van der Waals surface area contributed by atoms with E-state index in [0.29, 0.717) is 0 Å². The first-order valence-electron chi connectivity index (χ1n) is 11.1. The van der Waals surface area contributed by atoms with Crippen molar-refractivity contribution in [2.75, 3.05) is 40.3 Å². The van der Waals surface area contributed by atoms with Crippen molar-refractivity contribution in [2.45, 2.75) is 52.6 Å². The van der Waals surface area contributed by atoms with E-state index < -0.39 is 0 Å². The van der Waals surface area contributed by atoms with Crippen molar-refractivity contribution in [3.8, 4) is 5.75 Å². The second-order valence-corrected chi connectivity index (χ2v) is 8.57. The molecule has 3 rings (SSSR count). The van der Waals surface area contributed by atoms with Gasteiger partial charge in [-0.15, -0.1) is 0 Å². The zero-order valence-electron chi connectivity index (χ0n) is 18.7. The fraction of sp³-hybridized carbons (Fsp3) is 0.625. The highest BCUT2D eigenvalue weighted by atomic mass is 16.5. The Labute approximate surface area is 176 Å². The van der Waals surface area contributed by atoms with E-state index in [-0.39, 0.29) is 0 Å². The second kappa shape index (κ2) is 10.8. The molecule has 0 amide bonds. The summed E-state index contributed by atoms with van der Waals surface area (Å²) in [4.78, 5) is 5.12. The number of benzene rings is 1. The van der Waals surface area contributed by atoms with E-state index in [2.05, 4.69) is 64.9 Å². The van der Waals surface area contributed by atoms with Crippen molar-refractivity contribution >= 4 is 0 Å². The zero-order chi connectivity index (χ0) is 20.6. The number of nitrogens with zero attached hydrogens (tertiary/aromatic N) is 4. The minimum absolute atomic E-state index is 0.748. The van der Waals surface area contributed by atoms with Gasteiger partial charge >= 0.3 is 0 Å². The summed E-state index contributed by atoms with van der Waals surface area (Å²) in [7, 11) is 4.02. The predicted octanol–water partition coefficient (Wildman–Crippen LogP) is 4.00. The SMILES string of the molecule is CCCn1cc(CN(C)CC2CCCN(CCc3ccccc3OC)C2)c(C)n1. The van der Waals surface area contributed by atoms with Gasteiger partial charge in [-0.2, -0.15) is 5.10 Å². The van der Waals surface area contributed by atoms with Crippen LogP contribution in [0.2, 0.25) is 0 Å². The molecule has 0 aliphatic carbocycles. The van der Waals surface area contributed by atoms with Gasteiger partial charge in [-0.25, -0.2) is 0 Å². The van der Waals surface area contributed by atoms with Gasteiger partial charge in [0, 0.05) is 44.5 Å². The van der Waals surface area contributed by atoms with Crippen molar-refractivity contribution in [3.05, 3.63) is 47.3 Å². The average molecular weight is 399 g/mol. The molecular formula is C24H38N4O. The lowest BCUT2D eigenvalue weighted by Crippen LogP contribution is -2.40. The Bertz CT molecular complexity index is 757. The Morgan fingerprint density at radius 2 is 2.03 bits per heavy atom. The van der Waals surface area contributed by atoms with E-state index in [0.717, 1.165) is 50.7 Å². The van der Waals surface area contributed by atoms with Crippen LogP contribution in [0.1, 0.15) is 43.0 Å². The quantitative estimate of drug-likeness (QED) is 0.606. The molecule has 5 heteroatoms. The van der Waals surface area contributed by atoms with E-state index in [1.807, 2.05) is 6.07 Å². The number of rotatable bonds is 10. The number of hydrogen-bond donors (Lipinski definition) is 0. The molecule has 1 unspecified atom stereocenters. The number of para-hydroxylation sites is 1. The first-order valence-corrected chi connectivity index (χ1v) is 11.1. The van der Waals surface area contributed by atoms with Gasteiger partial charge in [0.05, 0.1) is 12.8 Å². The van der Waals surface area contributed by atoms with Gasteiger partial charge < -0.3 is 14.5 Å². The van der Waals surface area contributed by atoms with E-state index in [4.69, 9.17) is 4.74 Å². The molecule has 0 bridgehead atoms. The first kappa shape index (κ1) is 21.8. The normalized spacial score (nSPS) is 17.8. The summed E-state index contributed by atoms with van der Waals surface area (Å²) in [5.41, 5.74) is 3.85. The molecule has 1 aromatic carbocycles. The molecule has 2 heterocycles. The van der Waals surface area contributed by atoms with Gasteiger partial charge in [0.25, 0.3) is 0 Å². The third kappa shape index (κ3) is 6.31. The predicted molar refractivity (Wildman–Crippen MR) is 119 cm³/mol. The van der Waals surface area contributed by atoms with Crippen LogP contribution >= 0.6 is 0 Å². The maximum Gasteiger partial charge on any atom is 0.122 e. The third-order valence-electron chi connectivity index (χ3n) is 6.00. The number of aromatic nitrogens is 2. The van der Waals surface area contributed by atoms with Crippen molar-refractivity contribution in [3.63, 3.8) is 0 Å². The number of hydrogen-bond acceptors (Lipinski definition) is 4. The van der Waals surface area contributed by atoms with Crippen LogP contribution in [0.3, 0.4) is 0 Å². The fourth-order valence-corrected chi connectivity index (χ4v) is 4.55. The maximum absolute atomic E-state index is 5.51. The summed E-state index contributed by atoms with van der Waals surface area (Å²) in [6, 6.07) is 8.41. The summed E-state index contributed by atoms with van der Waals surface area (Å²) in [5.74, 6) is 1.76. The largest absolute Gasteiger partial charge is 0.496 e. The number of piperidine rings is 1. The molecule has 0 N–H and O–H groups in total. The van der Waals surface area contributed by atoms with Crippen LogP contribution in [-0.4, -0.2) is 59.9 Å². The van der Waals surface area contributed by atoms with Gasteiger partial charge in [-0.05, 0) is 63.7 Å². The zero-order valence-corrected chi connectivity index (χ0v) is 18.7. The molecular weight excluding hydrogens is 360 g/mol. The van der Waals surface area contributed by atoms with Gasteiger partial charge in [0.2, 0.25) is 0 Å². The third-order valence-corrected chi connectivity index (χ3v) is 6.00. The topological polar surface area (TPSA) is 33.5 Å². The average Bonchev–Trinajstić information content (AvgIpc) is 3.05. The Hall–Kier alpha value is -1.85. The molecule has 1 aliphatic rings. The van der Waals surface area contributed by atoms with Crippen LogP contribution in [0.15, 0.2) is 30.5 Å². The Morgan fingerprint density at radius 3 is 2.83 bits per heavy atom. The van der Waals surface area contributed by atoms with Crippen molar-refractivity contribution in [1.82, 2.24) is 19.6 Å². The lowest BCUT2D eigenvalue weighted by atomic mass is 9.97. The molecule has 0 saturated carbocycles. The molecule has 1 aromatic heterocycles. The molecule has 29 heavy (non-hydrogen) atoms. The van der Waals surface area contributed by atoms with Crippen LogP contribution in [0, 0.1) is 12.8 Å². The lowest BCUT2D eigenvalue weighted by Gasteiger charge is -2.34. The Morgan fingerprint density at radius 1 is 1.21 bits per heavy atom. The smallest absolute Gasteiger partial charge is 0.122 e. The molecule has 2 aromatic rings. The van der Waals surface area contributed by atoms with Crippen LogP contribution in [0.4, 0.5) is 0 Å². The Kier molecular flexibility index (Phi) is 8.13. The second-order valence-electron chi connectivity index (χ2n) is 8.57. The molecule has 160 valence electrons. The summed E-state index contributed by atoms with van der Waals surface area (Å²) < 4.78 is 7.61. The van der Waals surface area contributed by atoms with Gasteiger partial charge in [0.1, 0.15) is 5.75 Å². The van der Waals surface area contributed by atoms with Gasteiger partial charge in [0.15, 0.2) is 0 Å². The van der Waals surface area contributed by atoms with Crippen LogP contribution in [0.25, 0.3) is 0 Å². The van der Waals surface area contributed by atoms with Crippen molar-refractivity contribution < 1.29 is 4.74 Å². The highest BCUT2D eigenvalue weighted by molar-refractivity contribution is 5.33. The van der Waals surface area contributed by atoms with E-state index in [1.54, 1.807) is 7.11 Å².